The molecule has 0 bridgehead atoms. The van der Waals surface area contributed by atoms with Gasteiger partial charge in [-0.3, -0.25) is 4.90 Å². The van der Waals surface area contributed by atoms with Gasteiger partial charge in [-0.05, 0) is 36.6 Å². The number of hydrogen-bond donors (Lipinski definition) is 1. The van der Waals surface area contributed by atoms with Crippen LogP contribution in [0, 0.1) is 0 Å². The Labute approximate surface area is 155 Å². The molecule has 1 aromatic heterocycles. The van der Waals surface area contributed by atoms with E-state index in [1.165, 1.54) is 17.5 Å². The van der Waals surface area contributed by atoms with Crippen LogP contribution < -0.4 is 5.32 Å². The Kier molecular flexibility index (Phi) is 5.14. The first-order valence-corrected chi connectivity index (χ1v) is 9.41. The van der Waals surface area contributed by atoms with Crippen LogP contribution >= 0.6 is 0 Å². The van der Waals surface area contributed by atoms with E-state index in [-0.39, 0.29) is 0 Å². The van der Waals surface area contributed by atoms with Crippen molar-refractivity contribution in [2.24, 2.45) is 0 Å². The molecule has 1 aliphatic heterocycles. The van der Waals surface area contributed by atoms with Crippen molar-refractivity contribution in [3.8, 4) is 5.69 Å². The molecule has 1 N–H and O–H groups in total. The minimum absolute atomic E-state index is 0.472. The van der Waals surface area contributed by atoms with Crippen molar-refractivity contribution in [1.29, 1.82) is 0 Å². The molecule has 4 rings (SSSR count). The van der Waals surface area contributed by atoms with E-state index in [1.807, 2.05) is 23.1 Å². The lowest BCUT2D eigenvalue weighted by Crippen LogP contribution is -2.33. The normalized spacial score (nSPS) is 18.9. The number of likely N-dealkylation sites (tertiary alicyclic amines) is 1. The summed E-state index contributed by atoms with van der Waals surface area (Å²) in [7, 11) is 0. The smallest absolute Gasteiger partial charge is 0.0690 e. The highest BCUT2D eigenvalue weighted by Crippen LogP contribution is 2.24. The van der Waals surface area contributed by atoms with Gasteiger partial charge in [-0.2, -0.15) is 5.10 Å². The van der Waals surface area contributed by atoms with Crippen LogP contribution in [0.4, 0.5) is 0 Å². The number of aromatic nitrogens is 2. The van der Waals surface area contributed by atoms with Crippen molar-refractivity contribution < 1.29 is 0 Å². The molecule has 0 spiro atoms. The molecule has 4 nitrogen and oxygen atoms in total. The first-order chi connectivity index (χ1) is 12.8. The summed E-state index contributed by atoms with van der Waals surface area (Å²) < 4.78 is 1.94. The van der Waals surface area contributed by atoms with Gasteiger partial charge in [-0.15, -0.1) is 0 Å². The fourth-order valence-electron chi connectivity index (χ4n) is 3.80. The summed E-state index contributed by atoms with van der Waals surface area (Å²) >= 11 is 0. The second kappa shape index (κ2) is 7.85. The molecule has 0 radical (unpaired) electrons. The third-order valence-corrected chi connectivity index (χ3v) is 5.37. The van der Waals surface area contributed by atoms with Gasteiger partial charge >= 0.3 is 0 Å². The molecular formula is C22H26N4. The second-order valence-corrected chi connectivity index (χ2v) is 7.03. The van der Waals surface area contributed by atoms with Crippen molar-refractivity contribution in [2.75, 3.05) is 13.1 Å². The van der Waals surface area contributed by atoms with E-state index in [1.54, 1.807) is 0 Å². The minimum Gasteiger partial charge on any atom is -0.309 e. The molecule has 2 heterocycles. The van der Waals surface area contributed by atoms with Gasteiger partial charge in [-0.25, -0.2) is 4.68 Å². The molecule has 2 aromatic carbocycles. The molecule has 0 aliphatic carbocycles. The summed E-state index contributed by atoms with van der Waals surface area (Å²) in [5.74, 6) is 0. The van der Waals surface area contributed by atoms with Crippen LogP contribution in [-0.4, -0.2) is 33.8 Å². The van der Waals surface area contributed by atoms with Gasteiger partial charge in [0.25, 0.3) is 0 Å². The molecular weight excluding hydrogens is 320 g/mol. The summed E-state index contributed by atoms with van der Waals surface area (Å²) in [6.45, 7) is 5.42. The Morgan fingerprint density at radius 2 is 1.88 bits per heavy atom. The van der Waals surface area contributed by atoms with Crippen LogP contribution in [0.15, 0.2) is 73.1 Å². The van der Waals surface area contributed by atoms with Crippen LogP contribution in [0.3, 0.4) is 0 Å². The standard InChI is InChI=1S/C22H26N4/c1-18(19-8-3-2-4-9-19)25-15-12-21(17-25)23-16-20-10-5-6-11-22(20)26-14-7-13-24-26/h2-11,13-14,18,21,23H,12,15-17H2,1H3/t18-,21-/m0/s1. The molecule has 0 unspecified atom stereocenters. The summed E-state index contributed by atoms with van der Waals surface area (Å²) in [6.07, 6.45) is 5.02. The lowest BCUT2D eigenvalue weighted by atomic mass is 10.1. The van der Waals surface area contributed by atoms with Crippen LogP contribution in [-0.2, 0) is 6.54 Å². The molecule has 1 fully saturated rings. The second-order valence-electron chi connectivity index (χ2n) is 7.03. The molecule has 134 valence electrons. The van der Waals surface area contributed by atoms with Gasteiger partial charge in [0.2, 0.25) is 0 Å². The number of rotatable bonds is 6. The van der Waals surface area contributed by atoms with Crippen molar-refractivity contribution in [2.45, 2.75) is 32.0 Å². The zero-order chi connectivity index (χ0) is 17.8. The van der Waals surface area contributed by atoms with Gasteiger partial charge in [0, 0.05) is 44.1 Å². The lowest BCUT2D eigenvalue weighted by molar-refractivity contribution is 0.255. The van der Waals surface area contributed by atoms with Crippen LogP contribution in [0.2, 0.25) is 0 Å². The molecule has 26 heavy (non-hydrogen) atoms. The first kappa shape index (κ1) is 17.0. The lowest BCUT2D eigenvalue weighted by Gasteiger charge is -2.25. The SMILES string of the molecule is C[C@@H](c1ccccc1)N1CC[C@H](NCc2ccccc2-n2cccn2)C1. The number of para-hydroxylation sites is 1. The van der Waals surface area contributed by atoms with Crippen molar-refractivity contribution in [1.82, 2.24) is 20.0 Å². The Morgan fingerprint density at radius 3 is 2.69 bits per heavy atom. The van der Waals surface area contributed by atoms with Crippen LogP contribution in [0.5, 0.6) is 0 Å². The van der Waals surface area contributed by atoms with Gasteiger partial charge < -0.3 is 5.32 Å². The van der Waals surface area contributed by atoms with Crippen molar-refractivity contribution >= 4 is 0 Å². The molecule has 4 heteroatoms. The van der Waals surface area contributed by atoms with E-state index in [2.05, 4.69) is 76.8 Å². The highest BCUT2D eigenvalue weighted by molar-refractivity contribution is 5.40. The van der Waals surface area contributed by atoms with E-state index in [4.69, 9.17) is 0 Å². The van der Waals surface area contributed by atoms with Gasteiger partial charge in [-0.1, -0.05) is 48.5 Å². The number of nitrogens with zero attached hydrogens (tertiary/aromatic N) is 3. The minimum atomic E-state index is 0.472. The summed E-state index contributed by atoms with van der Waals surface area (Å²) in [5.41, 5.74) is 3.83. The van der Waals surface area contributed by atoms with Crippen molar-refractivity contribution in [3.63, 3.8) is 0 Å². The van der Waals surface area contributed by atoms with Crippen molar-refractivity contribution in [3.05, 3.63) is 84.2 Å². The average molecular weight is 346 g/mol. The monoisotopic (exact) mass is 346 g/mol. The Morgan fingerprint density at radius 1 is 1.08 bits per heavy atom. The zero-order valence-corrected chi connectivity index (χ0v) is 15.3. The Hall–Kier alpha value is -2.43. The Bertz CT molecular complexity index is 813. The van der Waals surface area contributed by atoms with Gasteiger partial charge in [0.15, 0.2) is 0 Å². The maximum Gasteiger partial charge on any atom is 0.0690 e. The fourth-order valence-corrected chi connectivity index (χ4v) is 3.80. The number of hydrogen-bond acceptors (Lipinski definition) is 3. The molecule has 2 atom stereocenters. The summed E-state index contributed by atoms with van der Waals surface area (Å²) in [6, 6.07) is 22.2. The molecule has 0 saturated carbocycles. The Balaban J connectivity index is 1.37. The highest BCUT2D eigenvalue weighted by Gasteiger charge is 2.26. The zero-order valence-electron chi connectivity index (χ0n) is 15.3. The predicted molar refractivity (Wildman–Crippen MR) is 105 cm³/mol. The van der Waals surface area contributed by atoms with E-state index >= 15 is 0 Å². The van der Waals surface area contributed by atoms with Gasteiger partial charge in [0.05, 0.1) is 5.69 Å². The molecule has 1 aliphatic rings. The van der Waals surface area contributed by atoms with E-state index in [0.29, 0.717) is 12.1 Å². The van der Waals surface area contributed by atoms with Crippen LogP contribution in [0.25, 0.3) is 5.69 Å². The summed E-state index contributed by atoms with van der Waals surface area (Å²) in [5, 5.41) is 8.13. The highest BCUT2D eigenvalue weighted by atomic mass is 15.3. The third kappa shape index (κ3) is 3.71. The first-order valence-electron chi connectivity index (χ1n) is 9.41. The molecule has 1 saturated heterocycles. The molecule has 3 aromatic rings. The predicted octanol–water partition coefficient (Wildman–Crippen LogP) is 3.80. The number of nitrogens with one attached hydrogen (secondary N) is 1. The summed E-state index contributed by atoms with van der Waals surface area (Å²) in [4.78, 5) is 2.58. The largest absolute Gasteiger partial charge is 0.309 e. The quantitative estimate of drug-likeness (QED) is 0.737. The number of benzene rings is 2. The fraction of sp³-hybridized carbons (Fsp3) is 0.318. The maximum absolute atomic E-state index is 4.38. The molecule has 0 amide bonds. The van der Waals surface area contributed by atoms with E-state index in [0.717, 1.165) is 25.3 Å². The van der Waals surface area contributed by atoms with E-state index in [9.17, 15) is 0 Å². The third-order valence-electron chi connectivity index (χ3n) is 5.37. The van der Waals surface area contributed by atoms with Gasteiger partial charge in [0.1, 0.15) is 0 Å². The maximum atomic E-state index is 4.38. The van der Waals surface area contributed by atoms with Crippen LogP contribution in [0.1, 0.15) is 30.5 Å². The van der Waals surface area contributed by atoms with E-state index < -0.39 is 0 Å². The average Bonchev–Trinajstić information content (AvgIpc) is 3.39. The topological polar surface area (TPSA) is 33.1 Å².